The van der Waals surface area contributed by atoms with Gasteiger partial charge in [-0.15, -0.1) is 0 Å². The van der Waals surface area contributed by atoms with Crippen molar-refractivity contribution in [1.82, 2.24) is 5.32 Å². The van der Waals surface area contributed by atoms with Crippen LogP contribution >= 0.6 is 0 Å². The number of ether oxygens (including phenoxy) is 1. The fourth-order valence-electron chi connectivity index (χ4n) is 1.32. The van der Waals surface area contributed by atoms with E-state index in [1.807, 2.05) is 0 Å². The van der Waals surface area contributed by atoms with Crippen molar-refractivity contribution in [1.29, 1.82) is 0 Å². The molecular formula is C13H14FNO4. The number of carbonyl (C=O) groups is 2. The molecule has 0 aliphatic carbocycles. The second kappa shape index (κ2) is 7.27. The molecule has 1 rings (SSSR count). The monoisotopic (exact) mass is 267 g/mol. The smallest absolute Gasteiger partial charge is 0.330 e. The molecule has 0 aromatic heterocycles. The first-order valence-electron chi connectivity index (χ1n) is 5.50. The molecule has 1 aromatic carbocycles. The highest BCUT2D eigenvalue weighted by Crippen LogP contribution is 2.07. The quantitative estimate of drug-likeness (QED) is 0.601. The van der Waals surface area contributed by atoms with E-state index in [1.54, 1.807) is 6.07 Å². The van der Waals surface area contributed by atoms with Crippen molar-refractivity contribution >= 4 is 18.0 Å². The lowest BCUT2D eigenvalue weighted by atomic mass is 10.2. The van der Waals surface area contributed by atoms with E-state index in [9.17, 15) is 14.0 Å². The van der Waals surface area contributed by atoms with Gasteiger partial charge in [-0.3, -0.25) is 4.79 Å². The van der Waals surface area contributed by atoms with Crippen molar-refractivity contribution in [3.05, 3.63) is 41.7 Å². The molecule has 1 atom stereocenters. The van der Waals surface area contributed by atoms with Gasteiger partial charge in [-0.05, 0) is 12.1 Å². The van der Waals surface area contributed by atoms with Gasteiger partial charge < -0.3 is 15.2 Å². The van der Waals surface area contributed by atoms with Crippen LogP contribution in [0.5, 0.6) is 0 Å². The first-order chi connectivity index (χ1) is 9.08. The summed E-state index contributed by atoms with van der Waals surface area (Å²) in [5.41, 5.74) is 0.247. The molecule has 0 radical (unpaired) electrons. The Morgan fingerprint density at radius 3 is 2.74 bits per heavy atom. The van der Waals surface area contributed by atoms with Crippen molar-refractivity contribution in [3.63, 3.8) is 0 Å². The molecule has 19 heavy (non-hydrogen) atoms. The average molecular weight is 267 g/mol. The zero-order valence-electron chi connectivity index (χ0n) is 10.3. The summed E-state index contributed by atoms with van der Waals surface area (Å²) in [6.45, 7) is -0.577. The predicted octanol–water partition coefficient (Wildman–Crippen LogP) is 0.489. The summed E-state index contributed by atoms with van der Waals surface area (Å²) in [5, 5.41) is 11.1. The summed E-state index contributed by atoms with van der Waals surface area (Å²) < 4.78 is 17.6. The largest absolute Gasteiger partial charge is 0.467 e. The van der Waals surface area contributed by atoms with E-state index in [4.69, 9.17) is 5.11 Å². The first kappa shape index (κ1) is 14.8. The van der Waals surface area contributed by atoms with Crippen LogP contribution in [0.25, 0.3) is 6.08 Å². The molecule has 6 heteroatoms. The zero-order valence-corrected chi connectivity index (χ0v) is 10.3. The number of aliphatic hydroxyl groups excluding tert-OH is 1. The molecule has 1 unspecified atom stereocenters. The van der Waals surface area contributed by atoms with Crippen molar-refractivity contribution in [2.24, 2.45) is 0 Å². The molecule has 0 saturated heterocycles. The molecule has 0 aliphatic rings. The van der Waals surface area contributed by atoms with Crippen LogP contribution in [-0.4, -0.2) is 36.7 Å². The summed E-state index contributed by atoms with van der Waals surface area (Å²) in [6.07, 6.45) is 2.35. The molecule has 102 valence electrons. The number of amides is 1. The summed E-state index contributed by atoms with van der Waals surface area (Å²) in [7, 11) is 1.15. The fraction of sp³-hybridized carbons (Fsp3) is 0.231. The summed E-state index contributed by atoms with van der Waals surface area (Å²) >= 11 is 0. The van der Waals surface area contributed by atoms with E-state index in [2.05, 4.69) is 10.1 Å². The molecule has 2 N–H and O–H groups in total. The predicted molar refractivity (Wildman–Crippen MR) is 66.5 cm³/mol. The number of aliphatic hydroxyl groups is 1. The van der Waals surface area contributed by atoms with Gasteiger partial charge in [-0.25, -0.2) is 9.18 Å². The third-order valence-corrected chi connectivity index (χ3v) is 2.30. The number of halogens is 1. The molecule has 0 fully saturated rings. The minimum Gasteiger partial charge on any atom is -0.467 e. The van der Waals surface area contributed by atoms with E-state index in [1.165, 1.54) is 24.3 Å². The van der Waals surface area contributed by atoms with Crippen molar-refractivity contribution in [2.45, 2.75) is 6.04 Å². The van der Waals surface area contributed by atoms with Crippen LogP contribution < -0.4 is 5.32 Å². The lowest BCUT2D eigenvalue weighted by Gasteiger charge is -2.11. The van der Waals surface area contributed by atoms with Crippen LogP contribution in [0.2, 0.25) is 0 Å². The van der Waals surface area contributed by atoms with Crippen LogP contribution in [-0.2, 0) is 14.3 Å². The van der Waals surface area contributed by atoms with Gasteiger partial charge in [-0.2, -0.15) is 0 Å². The number of hydrogen-bond acceptors (Lipinski definition) is 4. The topological polar surface area (TPSA) is 75.6 Å². The summed E-state index contributed by atoms with van der Waals surface area (Å²) in [5.74, 6) is -1.85. The number of carbonyl (C=O) groups excluding carboxylic acids is 2. The van der Waals surface area contributed by atoms with Gasteiger partial charge in [0.05, 0.1) is 13.7 Å². The molecule has 1 aromatic rings. The van der Waals surface area contributed by atoms with Gasteiger partial charge in [0, 0.05) is 11.6 Å². The van der Waals surface area contributed by atoms with Gasteiger partial charge in [0.2, 0.25) is 5.91 Å². The fourth-order valence-corrected chi connectivity index (χ4v) is 1.32. The number of benzene rings is 1. The average Bonchev–Trinajstić information content (AvgIpc) is 2.43. The number of rotatable bonds is 5. The van der Waals surface area contributed by atoms with Crippen LogP contribution in [0.15, 0.2) is 30.3 Å². The van der Waals surface area contributed by atoms with Crippen molar-refractivity contribution < 1.29 is 23.8 Å². The van der Waals surface area contributed by atoms with Gasteiger partial charge in [0.15, 0.2) is 6.04 Å². The van der Waals surface area contributed by atoms with Crippen LogP contribution in [0.1, 0.15) is 5.56 Å². The Labute approximate surface area is 109 Å². The Hall–Kier alpha value is -2.21. The van der Waals surface area contributed by atoms with E-state index >= 15 is 0 Å². The molecule has 1 amide bonds. The third kappa shape index (κ3) is 4.51. The highest BCUT2D eigenvalue weighted by molar-refractivity contribution is 5.94. The second-order valence-corrected chi connectivity index (χ2v) is 3.62. The van der Waals surface area contributed by atoms with Gasteiger partial charge in [0.25, 0.3) is 0 Å². The minimum absolute atomic E-state index is 0.247. The second-order valence-electron chi connectivity index (χ2n) is 3.62. The van der Waals surface area contributed by atoms with Crippen LogP contribution in [0, 0.1) is 5.82 Å². The normalized spacial score (nSPS) is 12.2. The van der Waals surface area contributed by atoms with E-state index in [-0.39, 0.29) is 5.56 Å². The Kier molecular flexibility index (Phi) is 5.69. The Balaban J connectivity index is 2.65. The molecule has 0 aliphatic heterocycles. The minimum atomic E-state index is -1.14. The lowest BCUT2D eigenvalue weighted by molar-refractivity contribution is -0.145. The molecule has 5 nitrogen and oxygen atoms in total. The van der Waals surface area contributed by atoms with E-state index in [0.29, 0.717) is 0 Å². The highest BCUT2D eigenvalue weighted by atomic mass is 19.1. The van der Waals surface area contributed by atoms with Crippen LogP contribution in [0.4, 0.5) is 4.39 Å². The SMILES string of the molecule is COC(=O)C(CO)NC(=O)C=Cc1ccccc1F. The molecule has 0 heterocycles. The third-order valence-electron chi connectivity index (χ3n) is 2.30. The number of methoxy groups -OCH3 is 1. The Morgan fingerprint density at radius 2 is 2.16 bits per heavy atom. The molecular weight excluding hydrogens is 253 g/mol. The van der Waals surface area contributed by atoms with Crippen molar-refractivity contribution in [3.8, 4) is 0 Å². The van der Waals surface area contributed by atoms with Crippen molar-refractivity contribution in [2.75, 3.05) is 13.7 Å². The molecule has 0 spiro atoms. The van der Waals surface area contributed by atoms with Gasteiger partial charge in [-0.1, -0.05) is 18.2 Å². The summed E-state index contributed by atoms with van der Waals surface area (Å²) in [4.78, 5) is 22.6. The number of esters is 1. The van der Waals surface area contributed by atoms with Gasteiger partial charge >= 0.3 is 5.97 Å². The summed E-state index contributed by atoms with van der Waals surface area (Å²) in [6, 6.07) is 4.80. The Bertz CT molecular complexity index is 487. The van der Waals surface area contributed by atoms with Gasteiger partial charge in [0.1, 0.15) is 5.82 Å². The Morgan fingerprint density at radius 1 is 1.47 bits per heavy atom. The number of hydrogen-bond donors (Lipinski definition) is 2. The zero-order chi connectivity index (χ0) is 14.3. The highest BCUT2D eigenvalue weighted by Gasteiger charge is 2.19. The maximum absolute atomic E-state index is 13.3. The molecule has 0 bridgehead atoms. The maximum Gasteiger partial charge on any atom is 0.330 e. The molecule has 0 saturated carbocycles. The standard InChI is InChI=1S/C13H14FNO4/c1-19-13(18)11(8-16)15-12(17)7-6-9-4-2-3-5-10(9)14/h2-7,11,16H,8H2,1H3,(H,15,17). The van der Waals surface area contributed by atoms with Crippen LogP contribution in [0.3, 0.4) is 0 Å². The van der Waals surface area contributed by atoms with E-state index < -0.39 is 30.3 Å². The lowest BCUT2D eigenvalue weighted by Crippen LogP contribution is -2.43. The first-order valence-corrected chi connectivity index (χ1v) is 5.50. The number of nitrogens with one attached hydrogen (secondary N) is 1. The maximum atomic E-state index is 13.3. The van der Waals surface area contributed by atoms with E-state index in [0.717, 1.165) is 13.2 Å².